The monoisotopic (exact) mass is 356 g/mol. The van der Waals surface area contributed by atoms with Crippen molar-refractivity contribution in [2.45, 2.75) is 26.7 Å². The Kier molecular flexibility index (Phi) is 3.68. The van der Waals surface area contributed by atoms with Crippen LogP contribution in [0.2, 0.25) is 0 Å². The lowest BCUT2D eigenvalue weighted by Crippen LogP contribution is -2.73. The molecule has 0 unspecified atom stereocenters. The highest BCUT2D eigenvalue weighted by atomic mass is 16.2. The van der Waals surface area contributed by atoms with Crippen LogP contribution in [-0.4, -0.2) is 67.8 Å². The van der Waals surface area contributed by atoms with E-state index in [9.17, 15) is 9.59 Å². The van der Waals surface area contributed by atoms with Crippen molar-refractivity contribution in [3.8, 4) is 0 Å². The molecule has 2 fully saturated rings. The molecule has 0 bridgehead atoms. The summed E-state index contributed by atoms with van der Waals surface area (Å²) in [7, 11) is 1.82. The van der Waals surface area contributed by atoms with Gasteiger partial charge in [-0.15, -0.1) is 0 Å². The van der Waals surface area contributed by atoms with Crippen LogP contribution >= 0.6 is 0 Å². The van der Waals surface area contributed by atoms with Crippen LogP contribution in [0.4, 0.5) is 0 Å². The number of likely N-dealkylation sites (tertiary alicyclic amines) is 2. The fourth-order valence-electron chi connectivity index (χ4n) is 3.89. The highest BCUT2D eigenvalue weighted by Crippen LogP contribution is 2.40. The van der Waals surface area contributed by atoms with E-state index in [1.54, 1.807) is 4.68 Å². The van der Waals surface area contributed by atoms with Gasteiger partial charge in [0.05, 0.1) is 0 Å². The molecule has 4 heterocycles. The molecule has 2 aliphatic rings. The first-order valence-corrected chi connectivity index (χ1v) is 8.92. The lowest BCUT2D eigenvalue weighted by Gasteiger charge is -2.59. The predicted octanol–water partition coefficient (Wildman–Crippen LogP) is 1.17. The molecule has 2 aromatic heterocycles. The van der Waals surface area contributed by atoms with Crippen molar-refractivity contribution >= 4 is 11.8 Å². The normalized spacial score (nSPS) is 18.2. The van der Waals surface area contributed by atoms with Crippen LogP contribution < -0.4 is 0 Å². The minimum absolute atomic E-state index is 0.0209. The van der Waals surface area contributed by atoms with E-state index >= 15 is 0 Å². The van der Waals surface area contributed by atoms with Gasteiger partial charge in [-0.2, -0.15) is 10.2 Å². The van der Waals surface area contributed by atoms with Crippen molar-refractivity contribution in [1.29, 1.82) is 0 Å². The Labute approximate surface area is 152 Å². The number of nitrogens with zero attached hydrogens (tertiary/aromatic N) is 5. The summed E-state index contributed by atoms with van der Waals surface area (Å²) in [5, 5.41) is 11.3. The Bertz CT molecular complexity index is 866. The van der Waals surface area contributed by atoms with E-state index in [-0.39, 0.29) is 17.2 Å². The van der Waals surface area contributed by atoms with Crippen LogP contribution in [0.3, 0.4) is 0 Å². The third-order valence-corrected chi connectivity index (χ3v) is 5.33. The molecule has 8 heteroatoms. The first-order chi connectivity index (χ1) is 12.3. The number of aromatic nitrogens is 4. The lowest BCUT2D eigenvalue weighted by molar-refractivity contribution is -0.0825. The van der Waals surface area contributed by atoms with Crippen LogP contribution in [0.1, 0.15) is 52.0 Å². The molecule has 138 valence electrons. The summed E-state index contributed by atoms with van der Waals surface area (Å²) < 4.78 is 1.66. The Hall–Kier alpha value is -2.64. The standard InChI is InChI=1S/C18H24N6O2/c1-11(2)13-5-14(20-19-13)16(25)23-7-18(8-23)9-24(10-18)17(26)15-12(3)6-22(4)21-15/h5-6,11H,7-10H2,1-4H3,(H,19,20). The summed E-state index contributed by atoms with van der Waals surface area (Å²) in [5.74, 6) is 0.254. The molecule has 2 amide bonds. The molecule has 2 aliphatic heterocycles. The molecule has 2 aromatic rings. The Morgan fingerprint density at radius 2 is 1.77 bits per heavy atom. The highest BCUT2D eigenvalue weighted by Gasteiger charge is 2.55. The topological polar surface area (TPSA) is 87.1 Å². The van der Waals surface area contributed by atoms with E-state index in [2.05, 4.69) is 29.1 Å². The molecular weight excluding hydrogens is 332 g/mol. The number of rotatable bonds is 3. The quantitative estimate of drug-likeness (QED) is 0.894. The summed E-state index contributed by atoms with van der Waals surface area (Å²) in [5.41, 5.74) is 2.90. The summed E-state index contributed by atoms with van der Waals surface area (Å²) in [6, 6.07) is 1.83. The SMILES string of the molecule is Cc1cn(C)nc1C(=O)N1CC2(CN(C(=O)c3cc(C(C)C)[nH]n3)C2)C1. The van der Waals surface area contributed by atoms with Gasteiger partial charge >= 0.3 is 0 Å². The van der Waals surface area contributed by atoms with Crippen LogP contribution in [0, 0.1) is 12.3 Å². The van der Waals surface area contributed by atoms with Gasteiger partial charge in [0.15, 0.2) is 5.69 Å². The maximum Gasteiger partial charge on any atom is 0.274 e. The third kappa shape index (κ3) is 2.60. The zero-order chi connectivity index (χ0) is 18.6. The second kappa shape index (κ2) is 5.69. The van der Waals surface area contributed by atoms with Gasteiger partial charge in [0.1, 0.15) is 5.69 Å². The van der Waals surface area contributed by atoms with E-state index in [0.29, 0.717) is 43.5 Å². The fourth-order valence-corrected chi connectivity index (χ4v) is 3.89. The molecule has 8 nitrogen and oxygen atoms in total. The minimum atomic E-state index is -0.0378. The second-order valence-corrected chi connectivity index (χ2v) is 8.02. The van der Waals surface area contributed by atoms with Crippen LogP contribution in [-0.2, 0) is 7.05 Å². The highest BCUT2D eigenvalue weighted by molar-refractivity contribution is 5.95. The molecule has 0 atom stereocenters. The number of nitrogens with one attached hydrogen (secondary N) is 1. The number of hydrogen-bond acceptors (Lipinski definition) is 4. The third-order valence-electron chi connectivity index (χ3n) is 5.33. The summed E-state index contributed by atoms with van der Waals surface area (Å²) >= 11 is 0. The first-order valence-electron chi connectivity index (χ1n) is 8.92. The van der Waals surface area contributed by atoms with Crippen molar-refractivity contribution in [2.24, 2.45) is 12.5 Å². The van der Waals surface area contributed by atoms with E-state index in [4.69, 9.17) is 0 Å². The van der Waals surface area contributed by atoms with Crippen molar-refractivity contribution in [2.75, 3.05) is 26.2 Å². The summed E-state index contributed by atoms with van der Waals surface area (Å²) in [6.07, 6.45) is 1.85. The van der Waals surface area contributed by atoms with Gasteiger partial charge < -0.3 is 9.80 Å². The molecule has 0 saturated carbocycles. The minimum Gasteiger partial charge on any atom is -0.336 e. The van der Waals surface area contributed by atoms with Crippen molar-refractivity contribution in [1.82, 2.24) is 29.8 Å². The van der Waals surface area contributed by atoms with Gasteiger partial charge in [0.2, 0.25) is 0 Å². The number of hydrogen-bond donors (Lipinski definition) is 1. The van der Waals surface area contributed by atoms with Gasteiger partial charge in [-0.1, -0.05) is 13.8 Å². The van der Waals surface area contributed by atoms with Gasteiger partial charge in [-0.25, -0.2) is 0 Å². The van der Waals surface area contributed by atoms with E-state index in [0.717, 1.165) is 11.3 Å². The van der Waals surface area contributed by atoms with Crippen molar-refractivity contribution in [3.05, 3.63) is 34.9 Å². The molecule has 1 N–H and O–H groups in total. The number of aromatic amines is 1. The molecule has 26 heavy (non-hydrogen) atoms. The largest absolute Gasteiger partial charge is 0.336 e. The fraction of sp³-hybridized carbons (Fsp3) is 0.556. The number of H-pyrrole nitrogens is 1. The van der Waals surface area contributed by atoms with Crippen molar-refractivity contribution in [3.63, 3.8) is 0 Å². The van der Waals surface area contributed by atoms with E-state index < -0.39 is 0 Å². The summed E-state index contributed by atoms with van der Waals surface area (Å²) in [6.45, 7) is 8.75. The lowest BCUT2D eigenvalue weighted by atomic mass is 9.72. The van der Waals surface area contributed by atoms with Gasteiger partial charge in [0.25, 0.3) is 11.8 Å². The molecule has 2 saturated heterocycles. The van der Waals surface area contributed by atoms with Gasteiger partial charge in [-0.05, 0) is 18.9 Å². The Balaban J connectivity index is 1.33. The number of carbonyl (C=O) groups is 2. The van der Waals surface area contributed by atoms with E-state index in [1.807, 2.05) is 36.0 Å². The Morgan fingerprint density at radius 1 is 1.15 bits per heavy atom. The molecule has 0 aromatic carbocycles. The Morgan fingerprint density at radius 3 is 2.27 bits per heavy atom. The first kappa shape index (κ1) is 16.8. The molecular formula is C18H24N6O2. The molecule has 1 spiro atoms. The van der Waals surface area contributed by atoms with Crippen LogP contribution in [0.5, 0.6) is 0 Å². The molecule has 0 radical (unpaired) electrons. The van der Waals surface area contributed by atoms with Gasteiger partial charge in [-0.3, -0.25) is 19.4 Å². The number of carbonyl (C=O) groups excluding carboxylic acids is 2. The maximum absolute atomic E-state index is 12.5. The molecule has 0 aliphatic carbocycles. The smallest absolute Gasteiger partial charge is 0.274 e. The van der Waals surface area contributed by atoms with Crippen LogP contribution in [0.15, 0.2) is 12.3 Å². The molecule has 4 rings (SSSR count). The predicted molar refractivity (Wildman–Crippen MR) is 94.9 cm³/mol. The second-order valence-electron chi connectivity index (χ2n) is 8.02. The summed E-state index contributed by atoms with van der Waals surface area (Å²) in [4.78, 5) is 28.7. The van der Waals surface area contributed by atoms with Crippen molar-refractivity contribution < 1.29 is 9.59 Å². The average Bonchev–Trinajstić information content (AvgIpc) is 3.10. The van der Waals surface area contributed by atoms with Gasteiger partial charge in [0, 0.05) is 56.1 Å². The zero-order valence-electron chi connectivity index (χ0n) is 15.6. The van der Waals surface area contributed by atoms with E-state index in [1.165, 1.54) is 0 Å². The number of amides is 2. The maximum atomic E-state index is 12.5. The number of aryl methyl sites for hydroxylation is 2. The zero-order valence-corrected chi connectivity index (χ0v) is 15.6. The average molecular weight is 356 g/mol. The van der Waals surface area contributed by atoms with Crippen LogP contribution in [0.25, 0.3) is 0 Å².